The molecule has 3 aromatic rings. The SMILES string of the molecule is Cc1ccc(OCC(O)CN2CCn3c4c(c5cc(C6CCCCC6)ccc53)CCCC42)cc1. The highest BCUT2D eigenvalue weighted by atomic mass is 16.5. The van der Waals surface area contributed by atoms with Crippen LogP contribution in [0.3, 0.4) is 0 Å². The minimum absolute atomic E-state index is 0.340. The zero-order chi connectivity index (χ0) is 23.1. The van der Waals surface area contributed by atoms with Gasteiger partial charge in [0.1, 0.15) is 18.5 Å². The third kappa shape index (κ3) is 4.16. The van der Waals surface area contributed by atoms with Gasteiger partial charge in [-0.15, -0.1) is 0 Å². The zero-order valence-electron chi connectivity index (χ0n) is 20.5. The van der Waals surface area contributed by atoms with Gasteiger partial charge < -0.3 is 14.4 Å². The second-order valence-electron chi connectivity index (χ2n) is 10.8. The van der Waals surface area contributed by atoms with Crippen molar-refractivity contribution in [3.05, 3.63) is 64.8 Å². The smallest absolute Gasteiger partial charge is 0.119 e. The summed E-state index contributed by atoms with van der Waals surface area (Å²) in [5.41, 5.74) is 7.32. The van der Waals surface area contributed by atoms with Crippen LogP contribution in [-0.4, -0.2) is 40.4 Å². The lowest BCUT2D eigenvalue weighted by Gasteiger charge is -2.40. The summed E-state index contributed by atoms with van der Waals surface area (Å²) in [5.74, 6) is 1.58. The zero-order valence-corrected chi connectivity index (χ0v) is 20.5. The van der Waals surface area contributed by atoms with Crippen molar-refractivity contribution >= 4 is 10.9 Å². The molecule has 0 saturated heterocycles. The van der Waals surface area contributed by atoms with Crippen molar-refractivity contribution in [2.45, 2.75) is 82.9 Å². The van der Waals surface area contributed by atoms with E-state index in [2.05, 4.69) is 46.7 Å². The molecule has 2 aromatic carbocycles. The van der Waals surface area contributed by atoms with Gasteiger partial charge >= 0.3 is 0 Å². The summed E-state index contributed by atoms with van der Waals surface area (Å²) in [6.45, 7) is 5.09. The quantitative estimate of drug-likeness (QED) is 0.483. The molecule has 34 heavy (non-hydrogen) atoms. The maximum Gasteiger partial charge on any atom is 0.119 e. The van der Waals surface area contributed by atoms with E-state index >= 15 is 0 Å². The van der Waals surface area contributed by atoms with Crippen molar-refractivity contribution in [1.29, 1.82) is 0 Å². The molecule has 0 bridgehead atoms. The third-order valence-corrected chi connectivity index (χ3v) is 8.49. The number of fused-ring (bicyclic) bond motifs is 3. The van der Waals surface area contributed by atoms with Gasteiger partial charge in [-0.05, 0) is 80.3 Å². The average Bonchev–Trinajstić information content (AvgIpc) is 3.20. The Bertz CT molecular complexity index is 1140. The van der Waals surface area contributed by atoms with Crippen LogP contribution in [0.2, 0.25) is 0 Å². The number of benzene rings is 2. The van der Waals surface area contributed by atoms with E-state index in [4.69, 9.17) is 4.74 Å². The van der Waals surface area contributed by atoms with Crippen LogP contribution in [0, 0.1) is 6.92 Å². The molecular formula is C30H38N2O2. The number of aliphatic hydroxyl groups is 1. The molecule has 4 nitrogen and oxygen atoms in total. The molecule has 1 fully saturated rings. The predicted octanol–water partition coefficient (Wildman–Crippen LogP) is 6.13. The summed E-state index contributed by atoms with van der Waals surface area (Å²) in [7, 11) is 0. The first-order valence-corrected chi connectivity index (χ1v) is 13.4. The number of aromatic nitrogens is 1. The summed E-state index contributed by atoms with van der Waals surface area (Å²) in [6.07, 6.45) is 10.0. The van der Waals surface area contributed by atoms with Gasteiger partial charge in [0.15, 0.2) is 0 Å². The van der Waals surface area contributed by atoms with Gasteiger partial charge in [0, 0.05) is 36.2 Å². The van der Waals surface area contributed by atoms with Gasteiger partial charge in [-0.3, -0.25) is 4.90 Å². The van der Waals surface area contributed by atoms with Crippen LogP contribution in [0.15, 0.2) is 42.5 Å². The van der Waals surface area contributed by atoms with Crippen molar-refractivity contribution in [3.63, 3.8) is 0 Å². The average molecular weight is 459 g/mol. The molecule has 1 N–H and O–H groups in total. The Hall–Kier alpha value is -2.30. The first-order valence-electron chi connectivity index (χ1n) is 13.4. The van der Waals surface area contributed by atoms with E-state index in [0.717, 1.165) is 24.8 Å². The molecule has 1 aromatic heterocycles. The molecule has 3 aliphatic rings. The van der Waals surface area contributed by atoms with E-state index in [1.54, 1.807) is 11.1 Å². The molecule has 2 unspecified atom stereocenters. The van der Waals surface area contributed by atoms with Crippen LogP contribution in [-0.2, 0) is 13.0 Å². The number of hydrogen-bond donors (Lipinski definition) is 1. The molecule has 2 atom stereocenters. The molecule has 6 rings (SSSR count). The van der Waals surface area contributed by atoms with Crippen LogP contribution >= 0.6 is 0 Å². The molecule has 2 aliphatic carbocycles. The van der Waals surface area contributed by atoms with Crippen molar-refractivity contribution in [3.8, 4) is 5.75 Å². The van der Waals surface area contributed by atoms with Crippen molar-refractivity contribution in [2.75, 3.05) is 19.7 Å². The van der Waals surface area contributed by atoms with E-state index in [-0.39, 0.29) is 0 Å². The Morgan fingerprint density at radius 2 is 1.79 bits per heavy atom. The predicted molar refractivity (Wildman–Crippen MR) is 138 cm³/mol. The minimum Gasteiger partial charge on any atom is -0.491 e. The van der Waals surface area contributed by atoms with E-state index in [1.807, 2.05) is 12.1 Å². The van der Waals surface area contributed by atoms with Gasteiger partial charge in [0.2, 0.25) is 0 Å². The lowest BCUT2D eigenvalue weighted by Crippen LogP contribution is -2.44. The van der Waals surface area contributed by atoms with Crippen LogP contribution < -0.4 is 4.74 Å². The summed E-state index contributed by atoms with van der Waals surface area (Å²) in [4.78, 5) is 2.52. The van der Waals surface area contributed by atoms with Crippen molar-refractivity contribution in [2.24, 2.45) is 0 Å². The number of nitrogens with zero attached hydrogens (tertiary/aromatic N) is 2. The second-order valence-corrected chi connectivity index (χ2v) is 10.8. The molecule has 0 radical (unpaired) electrons. The first-order chi connectivity index (χ1) is 16.7. The summed E-state index contributed by atoms with van der Waals surface area (Å²) in [5, 5.41) is 12.3. The van der Waals surface area contributed by atoms with Gasteiger partial charge in [-0.1, -0.05) is 43.0 Å². The van der Waals surface area contributed by atoms with Gasteiger partial charge in [-0.25, -0.2) is 0 Å². The molecule has 1 aliphatic heterocycles. The standard InChI is InChI=1S/C30H38N2O2/c1-21-10-13-25(14-11-21)34-20-24(33)19-31-16-17-32-28-15-12-23(22-6-3-2-4-7-22)18-27(28)26-8-5-9-29(31)30(26)32/h10-15,18,22,24,29,33H,2-9,16-17,19-20H2,1H3. The number of aryl methyl sites for hydroxylation is 2. The Balaban J connectivity index is 1.21. The maximum atomic E-state index is 10.8. The number of β-amino-alcohol motifs (C(OH)–C–C–N with tert-alkyl or cyclic N) is 1. The van der Waals surface area contributed by atoms with E-state index in [1.165, 1.54) is 73.5 Å². The fourth-order valence-electron chi connectivity index (χ4n) is 6.75. The Morgan fingerprint density at radius 3 is 2.62 bits per heavy atom. The van der Waals surface area contributed by atoms with Crippen LogP contribution in [0.1, 0.15) is 79.3 Å². The summed E-state index contributed by atoms with van der Waals surface area (Å²) >= 11 is 0. The lowest BCUT2D eigenvalue weighted by molar-refractivity contribution is 0.0375. The molecule has 0 spiro atoms. The molecular weight excluding hydrogens is 420 g/mol. The van der Waals surface area contributed by atoms with E-state index in [9.17, 15) is 5.11 Å². The van der Waals surface area contributed by atoms with Gasteiger partial charge in [-0.2, -0.15) is 0 Å². The normalized spacial score (nSPS) is 22.0. The number of ether oxygens (including phenoxy) is 1. The minimum atomic E-state index is -0.486. The molecule has 4 heteroatoms. The van der Waals surface area contributed by atoms with Crippen molar-refractivity contribution < 1.29 is 9.84 Å². The fourth-order valence-corrected chi connectivity index (χ4v) is 6.75. The maximum absolute atomic E-state index is 10.8. The van der Waals surface area contributed by atoms with Gasteiger partial charge in [0.05, 0.1) is 6.04 Å². The first kappa shape index (κ1) is 22.2. The van der Waals surface area contributed by atoms with E-state index < -0.39 is 6.10 Å². The number of aliphatic hydroxyl groups excluding tert-OH is 1. The molecule has 2 heterocycles. The molecule has 180 valence electrons. The Kier molecular flexibility index (Phi) is 6.13. The van der Waals surface area contributed by atoms with Gasteiger partial charge in [0.25, 0.3) is 0 Å². The second kappa shape index (κ2) is 9.39. The monoisotopic (exact) mass is 458 g/mol. The largest absolute Gasteiger partial charge is 0.491 e. The highest BCUT2D eigenvalue weighted by Gasteiger charge is 2.35. The fraction of sp³-hybridized carbons (Fsp3) is 0.533. The van der Waals surface area contributed by atoms with Crippen LogP contribution in [0.5, 0.6) is 5.75 Å². The summed E-state index contributed by atoms with van der Waals surface area (Å²) in [6, 6.07) is 15.9. The van der Waals surface area contributed by atoms with Crippen LogP contribution in [0.25, 0.3) is 10.9 Å². The highest BCUT2D eigenvalue weighted by Crippen LogP contribution is 2.44. The summed E-state index contributed by atoms with van der Waals surface area (Å²) < 4.78 is 8.48. The Morgan fingerprint density at radius 1 is 0.971 bits per heavy atom. The number of hydrogen-bond acceptors (Lipinski definition) is 3. The van der Waals surface area contributed by atoms with Crippen LogP contribution in [0.4, 0.5) is 0 Å². The number of rotatable bonds is 6. The molecule has 1 saturated carbocycles. The lowest BCUT2D eigenvalue weighted by atomic mass is 9.83. The van der Waals surface area contributed by atoms with E-state index in [0.29, 0.717) is 19.2 Å². The topological polar surface area (TPSA) is 37.6 Å². The highest BCUT2D eigenvalue weighted by molar-refractivity contribution is 5.87. The molecule has 0 amide bonds. The van der Waals surface area contributed by atoms with Crippen molar-refractivity contribution in [1.82, 2.24) is 9.47 Å². The third-order valence-electron chi connectivity index (χ3n) is 8.49. The Labute approximate surface area is 203 Å².